The first kappa shape index (κ1) is 8.52. The molecular weight excluding hydrogens is 150 g/mol. The molecule has 2 rings (SSSR count). The fourth-order valence-corrected chi connectivity index (χ4v) is 1.98. The van der Waals surface area contributed by atoms with Crippen LogP contribution in [0.5, 0.6) is 0 Å². The molecule has 1 aliphatic carbocycles. The van der Waals surface area contributed by atoms with Crippen LogP contribution in [0.25, 0.3) is 0 Å². The summed E-state index contributed by atoms with van der Waals surface area (Å²) in [7, 11) is 0. The van der Waals surface area contributed by atoms with Crippen LogP contribution in [-0.4, -0.2) is 25.8 Å². The van der Waals surface area contributed by atoms with Gasteiger partial charge >= 0.3 is 0 Å². The quantitative estimate of drug-likeness (QED) is 0.689. The zero-order valence-corrected chi connectivity index (χ0v) is 7.88. The van der Waals surface area contributed by atoms with Gasteiger partial charge in [0.05, 0.1) is 12.7 Å². The summed E-state index contributed by atoms with van der Waals surface area (Å²) in [6.45, 7) is 5.33. The zero-order valence-electron chi connectivity index (χ0n) is 7.88. The molecule has 0 spiro atoms. The van der Waals surface area contributed by atoms with Gasteiger partial charge in [-0.1, -0.05) is 19.8 Å². The van der Waals surface area contributed by atoms with Gasteiger partial charge in [0, 0.05) is 13.1 Å². The van der Waals surface area contributed by atoms with Crippen molar-refractivity contribution in [2.24, 2.45) is 11.8 Å². The van der Waals surface area contributed by atoms with Crippen LogP contribution >= 0.6 is 0 Å². The van der Waals surface area contributed by atoms with Crippen molar-refractivity contribution in [3.8, 4) is 0 Å². The molecular formula is C10H19NO. The lowest BCUT2D eigenvalue weighted by Crippen LogP contribution is -2.42. The number of morpholine rings is 1. The molecule has 2 aliphatic rings. The minimum absolute atomic E-state index is 0.486. The van der Waals surface area contributed by atoms with Gasteiger partial charge in [-0.3, -0.25) is 0 Å². The number of hydrogen-bond acceptors (Lipinski definition) is 2. The molecule has 0 amide bonds. The number of nitrogens with one attached hydrogen (secondary N) is 1. The molecule has 0 aromatic rings. The molecule has 2 heteroatoms. The number of hydrogen-bond donors (Lipinski definition) is 1. The van der Waals surface area contributed by atoms with Gasteiger partial charge < -0.3 is 10.1 Å². The molecule has 1 aliphatic heterocycles. The maximum atomic E-state index is 5.71. The summed E-state index contributed by atoms with van der Waals surface area (Å²) in [5.41, 5.74) is 0. The van der Waals surface area contributed by atoms with Crippen molar-refractivity contribution in [2.75, 3.05) is 19.7 Å². The van der Waals surface area contributed by atoms with E-state index in [-0.39, 0.29) is 0 Å². The predicted octanol–water partition coefficient (Wildman–Crippen LogP) is 1.41. The maximum absolute atomic E-state index is 5.71. The van der Waals surface area contributed by atoms with Crippen LogP contribution in [0.15, 0.2) is 0 Å². The Hall–Kier alpha value is -0.0800. The van der Waals surface area contributed by atoms with Gasteiger partial charge in [-0.25, -0.2) is 0 Å². The van der Waals surface area contributed by atoms with Gasteiger partial charge in [-0.05, 0) is 18.3 Å². The van der Waals surface area contributed by atoms with Crippen LogP contribution in [0.4, 0.5) is 0 Å². The highest BCUT2D eigenvalue weighted by atomic mass is 16.5. The van der Waals surface area contributed by atoms with Crippen molar-refractivity contribution >= 4 is 0 Å². The van der Waals surface area contributed by atoms with Gasteiger partial charge in [-0.15, -0.1) is 0 Å². The van der Waals surface area contributed by atoms with E-state index < -0.39 is 0 Å². The van der Waals surface area contributed by atoms with Crippen LogP contribution in [0, 0.1) is 11.8 Å². The van der Waals surface area contributed by atoms with Crippen molar-refractivity contribution in [1.29, 1.82) is 0 Å². The van der Waals surface area contributed by atoms with E-state index in [1.807, 2.05) is 0 Å². The number of ether oxygens (including phenoxy) is 1. The average Bonchev–Trinajstić information content (AvgIpc) is 2.90. The molecule has 12 heavy (non-hydrogen) atoms. The lowest BCUT2D eigenvalue weighted by atomic mass is 9.97. The summed E-state index contributed by atoms with van der Waals surface area (Å²) < 4.78 is 5.71. The molecule has 2 unspecified atom stereocenters. The Morgan fingerprint density at radius 2 is 2.33 bits per heavy atom. The molecule has 70 valence electrons. The van der Waals surface area contributed by atoms with Crippen LogP contribution in [0.2, 0.25) is 0 Å². The second-order valence-electron chi connectivity index (χ2n) is 4.27. The highest BCUT2D eigenvalue weighted by molar-refractivity contribution is 4.80. The van der Waals surface area contributed by atoms with Crippen LogP contribution in [0.3, 0.4) is 0 Å². The first-order chi connectivity index (χ1) is 5.86. The Balaban J connectivity index is 1.72. The average molecular weight is 169 g/mol. The fraction of sp³-hybridized carbons (Fsp3) is 1.00. The van der Waals surface area contributed by atoms with Crippen LogP contribution in [0.1, 0.15) is 26.2 Å². The van der Waals surface area contributed by atoms with E-state index in [0.717, 1.165) is 31.5 Å². The van der Waals surface area contributed by atoms with Crippen molar-refractivity contribution in [1.82, 2.24) is 5.32 Å². The Kier molecular flexibility index (Phi) is 2.66. The fourth-order valence-electron chi connectivity index (χ4n) is 1.98. The van der Waals surface area contributed by atoms with E-state index in [0.29, 0.717) is 6.10 Å². The highest BCUT2D eigenvalue weighted by Gasteiger charge is 2.28. The second-order valence-corrected chi connectivity index (χ2v) is 4.27. The van der Waals surface area contributed by atoms with Crippen molar-refractivity contribution in [3.63, 3.8) is 0 Å². The van der Waals surface area contributed by atoms with Gasteiger partial charge in [0.1, 0.15) is 0 Å². The standard InChI is InChI=1S/C10H19NO/c1-8(6-9-2-3-9)10-7-11-4-5-12-10/h8-11H,2-7H2,1H3. The summed E-state index contributed by atoms with van der Waals surface area (Å²) in [6, 6.07) is 0. The van der Waals surface area contributed by atoms with Gasteiger partial charge in [0.25, 0.3) is 0 Å². The molecule has 1 saturated heterocycles. The topological polar surface area (TPSA) is 21.3 Å². The molecule has 2 nitrogen and oxygen atoms in total. The normalized spacial score (nSPS) is 33.2. The summed E-state index contributed by atoms with van der Waals surface area (Å²) in [5.74, 6) is 1.79. The monoisotopic (exact) mass is 169 g/mol. The van der Waals surface area contributed by atoms with E-state index in [2.05, 4.69) is 12.2 Å². The number of rotatable bonds is 3. The first-order valence-electron chi connectivity index (χ1n) is 5.18. The van der Waals surface area contributed by atoms with Gasteiger partial charge in [0.15, 0.2) is 0 Å². The summed E-state index contributed by atoms with van der Waals surface area (Å²) in [5, 5.41) is 3.38. The predicted molar refractivity (Wildman–Crippen MR) is 49.1 cm³/mol. The lowest BCUT2D eigenvalue weighted by molar-refractivity contribution is -0.00769. The molecule has 2 atom stereocenters. The van der Waals surface area contributed by atoms with E-state index in [1.54, 1.807) is 0 Å². The summed E-state index contributed by atoms with van der Waals surface area (Å²) >= 11 is 0. The van der Waals surface area contributed by atoms with Gasteiger partial charge in [-0.2, -0.15) is 0 Å². The SMILES string of the molecule is CC(CC1CC1)C1CNCCO1. The zero-order chi connectivity index (χ0) is 8.39. The van der Waals surface area contributed by atoms with E-state index >= 15 is 0 Å². The largest absolute Gasteiger partial charge is 0.375 e. The van der Waals surface area contributed by atoms with Crippen molar-refractivity contribution < 1.29 is 4.74 Å². The van der Waals surface area contributed by atoms with E-state index in [1.165, 1.54) is 19.3 Å². The Bertz CT molecular complexity index is 139. The molecule has 1 saturated carbocycles. The van der Waals surface area contributed by atoms with Crippen LogP contribution < -0.4 is 5.32 Å². The Morgan fingerprint density at radius 1 is 1.50 bits per heavy atom. The van der Waals surface area contributed by atoms with Gasteiger partial charge in [0.2, 0.25) is 0 Å². The smallest absolute Gasteiger partial charge is 0.0725 e. The van der Waals surface area contributed by atoms with E-state index in [4.69, 9.17) is 4.74 Å². The second kappa shape index (κ2) is 3.75. The molecule has 1 heterocycles. The van der Waals surface area contributed by atoms with Crippen molar-refractivity contribution in [3.05, 3.63) is 0 Å². The summed E-state index contributed by atoms with van der Waals surface area (Å²) in [4.78, 5) is 0. The molecule has 0 aromatic heterocycles. The molecule has 0 radical (unpaired) electrons. The minimum atomic E-state index is 0.486. The summed E-state index contributed by atoms with van der Waals surface area (Å²) in [6.07, 6.45) is 4.79. The molecule has 2 fully saturated rings. The van der Waals surface area contributed by atoms with Crippen molar-refractivity contribution in [2.45, 2.75) is 32.3 Å². The third-order valence-corrected chi connectivity index (χ3v) is 2.99. The first-order valence-corrected chi connectivity index (χ1v) is 5.18. The lowest BCUT2D eigenvalue weighted by Gasteiger charge is -2.28. The molecule has 0 bridgehead atoms. The van der Waals surface area contributed by atoms with Crippen LogP contribution in [-0.2, 0) is 4.74 Å². The molecule has 0 aromatic carbocycles. The third kappa shape index (κ3) is 2.20. The minimum Gasteiger partial charge on any atom is -0.375 e. The Labute approximate surface area is 74.7 Å². The van der Waals surface area contributed by atoms with E-state index in [9.17, 15) is 0 Å². The maximum Gasteiger partial charge on any atom is 0.0725 e. The Morgan fingerprint density at radius 3 is 2.92 bits per heavy atom. The molecule has 1 N–H and O–H groups in total. The third-order valence-electron chi connectivity index (χ3n) is 2.99. The highest BCUT2D eigenvalue weighted by Crippen LogP contribution is 2.36.